The van der Waals surface area contributed by atoms with Crippen molar-refractivity contribution in [3.63, 3.8) is 0 Å². The summed E-state index contributed by atoms with van der Waals surface area (Å²) < 4.78 is 4.84. The number of aromatic nitrogens is 3. The van der Waals surface area contributed by atoms with Crippen LogP contribution in [0.15, 0.2) is 30.5 Å². The summed E-state index contributed by atoms with van der Waals surface area (Å²) >= 11 is 2.71. The van der Waals surface area contributed by atoms with E-state index >= 15 is 0 Å². The molecule has 2 aromatic heterocycles. The van der Waals surface area contributed by atoms with Gasteiger partial charge in [0, 0.05) is 7.05 Å². The molecule has 3 rings (SSSR count). The quantitative estimate of drug-likeness (QED) is 0.743. The van der Waals surface area contributed by atoms with E-state index in [0.717, 1.165) is 26.8 Å². The molecular weight excluding hydrogens is 280 g/mol. The van der Waals surface area contributed by atoms with Crippen molar-refractivity contribution < 1.29 is 4.79 Å². The first-order chi connectivity index (χ1) is 9.24. The van der Waals surface area contributed by atoms with E-state index in [1.54, 1.807) is 23.3 Å². The molecule has 0 N–H and O–H groups in total. The van der Waals surface area contributed by atoms with Crippen LogP contribution in [0.2, 0.25) is 0 Å². The van der Waals surface area contributed by atoms with E-state index < -0.39 is 0 Å². The Morgan fingerprint density at radius 3 is 2.95 bits per heavy atom. The number of carbonyl (C=O) groups is 1. The summed E-state index contributed by atoms with van der Waals surface area (Å²) in [6.07, 6.45) is 1.49. The molecule has 0 unspecified atom stereocenters. The van der Waals surface area contributed by atoms with Gasteiger partial charge >= 0.3 is 0 Å². The van der Waals surface area contributed by atoms with Gasteiger partial charge in [0.05, 0.1) is 23.0 Å². The minimum absolute atomic E-state index is 0.0748. The summed E-state index contributed by atoms with van der Waals surface area (Å²) in [5.41, 5.74) is 0.975. The van der Waals surface area contributed by atoms with Crippen molar-refractivity contribution in [2.45, 2.75) is 6.54 Å². The summed E-state index contributed by atoms with van der Waals surface area (Å²) in [5, 5.41) is 4.60. The number of para-hydroxylation sites is 1. The molecule has 0 fully saturated rings. The Hall–Kier alpha value is -1.86. The van der Waals surface area contributed by atoms with Gasteiger partial charge in [0.25, 0.3) is 5.91 Å². The van der Waals surface area contributed by atoms with Crippen LogP contribution in [0.1, 0.15) is 14.7 Å². The van der Waals surface area contributed by atoms with Crippen LogP contribution in [-0.4, -0.2) is 32.4 Å². The zero-order valence-corrected chi connectivity index (χ0v) is 11.7. The summed E-state index contributed by atoms with van der Waals surface area (Å²) in [6, 6.07) is 7.96. The predicted octanol–water partition coefficient (Wildman–Crippen LogP) is 2.42. The van der Waals surface area contributed by atoms with Crippen LogP contribution in [-0.2, 0) is 6.54 Å². The minimum atomic E-state index is -0.0748. The van der Waals surface area contributed by atoms with Gasteiger partial charge in [-0.15, -0.1) is 16.4 Å². The molecule has 3 aromatic rings. The Labute approximate surface area is 117 Å². The maximum atomic E-state index is 12.1. The number of hydrogen-bond acceptors (Lipinski definition) is 6. The molecule has 1 amide bonds. The van der Waals surface area contributed by atoms with E-state index in [-0.39, 0.29) is 5.91 Å². The van der Waals surface area contributed by atoms with Crippen LogP contribution in [0, 0.1) is 0 Å². The summed E-state index contributed by atoms with van der Waals surface area (Å²) in [4.78, 5) is 18.7. The van der Waals surface area contributed by atoms with Crippen molar-refractivity contribution >= 4 is 39.0 Å². The third-order valence-electron chi connectivity index (χ3n) is 2.63. The zero-order valence-electron chi connectivity index (χ0n) is 10.1. The van der Waals surface area contributed by atoms with Gasteiger partial charge in [-0.3, -0.25) is 4.79 Å². The number of thiazole rings is 1. The average molecular weight is 290 g/mol. The highest BCUT2D eigenvalue weighted by molar-refractivity contribution is 7.18. The summed E-state index contributed by atoms with van der Waals surface area (Å²) in [6.45, 7) is 0.496. The first kappa shape index (κ1) is 12.2. The molecule has 19 heavy (non-hydrogen) atoms. The van der Waals surface area contributed by atoms with Crippen LogP contribution in [0.25, 0.3) is 10.2 Å². The van der Waals surface area contributed by atoms with E-state index in [2.05, 4.69) is 14.6 Å². The predicted molar refractivity (Wildman–Crippen MR) is 75.3 cm³/mol. The van der Waals surface area contributed by atoms with E-state index in [1.165, 1.54) is 6.20 Å². The van der Waals surface area contributed by atoms with Crippen LogP contribution in [0.4, 0.5) is 0 Å². The number of hydrogen-bond donors (Lipinski definition) is 0. The highest BCUT2D eigenvalue weighted by Gasteiger charge is 2.15. The number of fused-ring (bicyclic) bond motifs is 1. The molecule has 7 heteroatoms. The van der Waals surface area contributed by atoms with Gasteiger partial charge in [0.2, 0.25) is 0 Å². The second-order valence-corrected chi connectivity index (χ2v) is 5.92. The maximum Gasteiger partial charge on any atom is 0.267 e. The van der Waals surface area contributed by atoms with E-state index in [9.17, 15) is 4.79 Å². The molecule has 0 aliphatic heterocycles. The van der Waals surface area contributed by atoms with Crippen LogP contribution >= 0.6 is 22.9 Å². The number of carbonyl (C=O) groups excluding carboxylic acids is 1. The maximum absolute atomic E-state index is 12.1. The van der Waals surface area contributed by atoms with Crippen molar-refractivity contribution in [1.82, 2.24) is 19.5 Å². The van der Waals surface area contributed by atoms with Gasteiger partial charge in [-0.2, -0.15) is 0 Å². The molecule has 0 saturated heterocycles. The van der Waals surface area contributed by atoms with Crippen molar-refractivity contribution in [2.75, 3.05) is 7.05 Å². The molecule has 96 valence electrons. The topological polar surface area (TPSA) is 59.0 Å². The van der Waals surface area contributed by atoms with E-state index in [4.69, 9.17) is 0 Å². The molecule has 2 heterocycles. The normalized spacial score (nSPS) is 10.8. The third kappa shape index (κ3) is 2.47. The fraction of sp³-hybridized carbons (Fsp3) is 0.167. The summed E-state index contributed by atoms with van der Waals surface area (Å²) in [5.74, 6) is -0.0748. The minimum Gasteiger partial charge on any atom is -0.334 e. The molecule has 5 nitrogen and oxygen atoms in total. The van der Waals surface area contributed by atoms with Crippen molar-refractivity contribution in [3.05, 3.63) is 40.3 Å². The van der Waals surface area contributed by atoms with Gasteiger partial charge in [0.15, 0.2) is 0 Å². The lowest BCUT2D eigenvalue weighted by Gasteiger charge is -2.13. The summed E-state index contributed by atoms with van der Waals surface area (Å²) in [7, 11) is 1.76. The van der Waals surface area contributed by atoms with Gasteiger partial charge in [0.1, 0.15) is 9.88 Å². The van der Waals surface area contributed by atoms with Crippen LogP contribution in [0.3, 0.4) is 0 Å². The molecule has 0 aliphatic rings. The Kier molecular flexibility index (Phi) is 3.22. The molecule has 1 aromatic carbocycles. The lowest BCUT2D eigenvalue weighted by atomic mass is 10.3. The molecular formula is C12H10N4OS2. The Morgan fingerprint density at radius 2 is 2.21 bits per heavy atom. The number of rotatable bonds is 3. The van der Waals surface area contributed by atoms with E-state index in [0.29, 0.717) is 11.4 Å². The highest BCUT2D eigenvalue weighted by atomic mass is 32.1. The van der Waals surface area contributed by atoms with Crippen molar-refractivity contribution in [2.24, 2.45) is 0 Å². The molecule has 0 aliphatic carbocycles. The van der Waals surface area contributed by atoms with Crippen molar-refractivity contribution in [3.8, 4) is 0 Å². The SMILES string of the molecule is CN(Cc1nc2ccccc2s1)C(=O)c1cnns1. The third-order valence-corrected chi connectivity index (χ3v) is 4.30. The van der Waals surface area contributed by atoms with Gasteiger partial charge in [-0.1, -0.05) is 16.6 Å². The lowest BCUT2D eigenvalue weighted by Crippen LogP contribution is -2.25. The fourth-order valence-corrected chi connectivity index (χ4v) is 3.24. The number of benzene rings is 1. The molecule has 0 bridgehead atoms. The molecule has 0 spiro atoms. The lowest BCUT2D eigenvalue weighted by molar-refractivity contribution is 0.0789. The first-order valence-corrected chi connectivity index (χ1v) is 7.20. The zero-order chi connectivity index (χ0) is 13.2. The second-order valence-electron chi connectivity index (χ2n) is 4.02. The first-order valence-electron chi connectivity index (χ1n) is 5.61. The monoisotopic (exact) mass is 290 g/mol. The van der Waals surface area contributed by atoms with Crippen molar-refractivity contribution in [1.29, 1.82) is 0 Å². The average Bonchev–Trinajstić information content (AvgIpc) is 3.06. The molecule has 0 radical (unpaired) electrons. The molecule has 0 atom stereocenters. The Morgan fingerprint density at radius 1 is 1.37 bits per heavy atom. The standard InChI is InChI=1S/C12H10N4OS2/c1-16(12(17)10-6-13-15-19-10)7-11-14-8-4-2-3-5-9(8)18-11/h2-6H,7H2,1H3. The smallest absolute Gasteiger partial charge is 0.267 e. The number of nitrogens with zero attached hydrogens (tertiary/aromatic N) is 4. The van der Waals surface area contributed by atoms with Gasteiger partial charge in [-0.05, 0) is 23.7 Å². The van der Waals surface area contributed by atoms with Crippen LogP contribution in [0.5, 0.6) is 0 Å². The van der Waals surface area contributed by atoms with E-state index in [1.807, 2.05) is 24.3 Å². The molecule has 0 saturated carbocycles. The largest absolute Gasteiger partial charge is 0.334 e. The Bertz CT molecular complexity index is 674. The number of amides is 1. The van der Waals surface area contributed by atoms with Gasteiger partial charge < -0.3 is 4.90 Å². The Balaban J connectivity index is 1.79. The second kappa shape index (κ2) is 5.02. The highest BCUT2D eigenvalue weighted by Crippen LogP contribution is 2.22. The fourth-order valence-electron chi connectivity index (χ4n) is 1.71. The van der Waals surface area contributed by atoms with Gasteiger partial charge in [-0.25, -0.2) is 4.98 Å². The van der Waals surface area contributed by atoms with Crippen LogP contribution < -0.4 is 0 Å².